The number of anilines is 1. The highest BCUT2D eigenvalue weighted by Crippen LogP contribution is 2.25. The van der Waals surface area contributed by atoms with Crippen molar-refractivity contribution in [3.05, 3.63) is 53.6 Å². The summed E-state index contributed by atoms with van der Waals surface area (Å²) in [5.74, 6) is -0.915. The van der Waals surface area contributed by atoms with E-state index in [9.17, 15) is 15.0 Å². The van der Waals surface area contributed by atoms with Gasteiger partial charge in [0.1, 0.15) is 0 Å². The first-order chi connectivity index (χ1) is 9.10. The molecular weight excluding hydrogens is 310 g/mol. The van der Waals surface area contributed by atoms with Crippen molar-refractivity contribution in [1.29, 1.82) is 0 Å². The van der Waals surface area contributed by atoms with Crippen LogP contribution in [0, 0.1) is 0 Å². The minimum atomic E-state index is -0.345. The van der Waals surface area contributed by atoms with Crippen LogP contribution in [0.15, 0.2) is 42.5 Å². The van der Waals surface area contributed by atoms with Gasteiger partial charge in [-0.15, -0.1) is 0 Å². The van der Waals surface area contributed by atoms with Crippen LogP contribution >= 0.6 is 15.9 Å². The fraction of sp³-hybridized carbons (Fsp3) is 0.0714. The fourth-order valence-electron chi connectivity index (χ4n) is 1.60. The molecule has 0 aromatic heterocycles. The molecule has 2 aromatic rings. The highest BCUT2D eigenvalue weighted by molar-refractivity contribution is 9.08. The standard InChI is InChI=1S/C14H12BrNO3/c15-8-9-2-1-3-11(6-9)16-14(19)10-4-5-12(17)13(18)7-10/h1-7,17-18H,8H2,(H,16,19). The van der Waals surface area contributed by atoms with Crippen LogP contribution < -0.4 is 5.32 Å². The number of hydrogen-bond donors (Lipinski definition) is 3. The van der Waals surface area contributed by atoms with Crippen LogP contribution in [0.2, 0.25) is 0 Å². The maximum atomic E-state index is 12.0. The second kappa shape index (κ2) is 5.75. The highest BCUT2D eigenvalue weighted by Gasteiger charge is 2.09. The average molecular weight is 322 g/mol. The quantitative estimate of drug-likeness (QED) is 0.600. The number of phenols is 2. The van der Waals surface area contributed by atoms with Crippen LogP contribution in [-0.2, 0) is 5.33 Å². The summed E-state index contributed by atoms with van der Waals surface area (Å²) >= 11 is 3.35. The molecule has 0 aliphatic carbocycles. The van der Waals surface area contributed by atoms with Crippen molar-refractivity contribution >= 4 is 27.5 Å². The van der Waals surface area contributed by atoms with Crippen LogP contribution in [0.25, 0.3) is 0 Å². The minimum Gasteiger partial charge on any atom is -0.504 e. The van der Waals surface area contributed by atoms with Crippen molar-refractivity contribution in [3.63, 3.8) is 0 Å². The summed E-state index contributed by atoms with van der Waals surface area (Å²) in [6.07, 6.45) is 0. The molecule has 0 unspecified atom stereocenters. The number of aromatic hydroxyl groups is 2. The molecule has 0 aliphatic rings. The van der Waals surface area contributed by atoms with Crippen LogP contribution in [0.3, 0.4) is 0 Å². The Bertz CT molecular complexity index is 613. The third-order valence-corrected chi connectivity index (χ3v) is 3.22. The lowest BCUT2D eigenvalue weighted by molar-refractivity contribution is 0.102. The third-order valence-electron chi connectivity index (χ3n) is 2.58. The zero-order valence-corrected chi connectivity index (χ0v) is 11.5. The number of nitrogens with one attached hydrogen (secondary N) is 1. The first-order valence-corrected chi connectivity index (χ1v) is 6.70. The zero-order chi connectivity index (χ0) is 13.8. The Hall–Kier alpha value is -2.01. The molecule has 0 bridgehead atoms. The molecule has 0 heterocycles. The molecule has 19 heavy (non-hydrogen) atoms. The molecule has 0 atom stereocenters. The smallest absolute Gasteiger partial charge is 0.255 e. The summed E-state index contributed by atoms with van der Waals surface area (Å²) in [6.45, 7) is 0. The first-order valence-electron chi connectivity index (χ1n) is 5.58. The Morgan fingerprint density at radius 2 is 1.89 bits per heavy atom. The molecule has 2 rings (SSSR count). The molecule has 1 amide bonds. The average Bonchev–Trinajstić information content (AvgIpc) is 2.42. The van der Waals surface area contributed by atoms with Gasteiger partial charge in [-0.05, 0) is 35.9 Å². The van der Waals surface area contributed by atoms with E-state index in [1.807, 2.05) is 18.2 Å². The Kier molecular flexibility index (Phi) is 4.06. The zero-order valence-electron chi connectivity index (χ0n) is 9.93. The molecule has 0 radical (unpaired) electrons. The van der Waals surface area contributed by atoms with Gasteiger partial charge in [0, 0.05) is 16.6 Å². The van der Waals surface area contributed by atoms with E-state index in [0.717, 1.165) is 5.56 Å². The van der Waals surface area contributed by atoms with Gasteiger partial charge in [-0.3, -0.25) is 4.79 Å². The highest BCUT2D eigenvalue weighted by atomic mass is 79.9. The van der Waals surface area contributed by atoms with Crippen LogP contribution in [0.1, 0.15) is 15.9 Å². The molecular formula is C14H12BrNO3. The Balaban J connectivity index is 2.18. The van der Waals surface area contributed by atoms with E-state index < -0.39 is 0 Å². The number of alkyl halides is 1. The molecule has 0 saturated carbocycles. The lowest BCUT2D eigenvalue weighted by Crippen LogP contribution is -2.11. The number of phenolic OH excluding ortho intramolecular Hbond substituents is 2. The Morgan fingerprint density at radius 3 is 2.58 bits per heavy atom. The van der Waals surface area contributed by atoms with Gasteiger partial charge in [-0.2, -0.15) is 0 Å². The number of hydrogen-bond acceptors (Lipinski definition) is 3. The SMILES string of the molecule is O=C(Nc1cccc(CBr)c1)c1ccc(O)c(O)c1. The van der Waals surface area contributed by atoms with Crippen molar-refractivity contribution < 1.29 is 15.0 Å². The maximum Gasteiger partial charge on any atom is 0.255 e. The number of carbonyl (C=O) groups excluding carboxylic acids is 1. The molecule has 3 N–H and O–H groups in total. The summed E-state index contributed by atoms with van der Waals surface area (Å²) in [4.78, 5) is 12.0. The van der Waals surface area contributed by atoms with Crippen molar-refractivity contribution in [2.75, 3.05) is 5.32 Å². The van der Waals surface area contributed by atoms with Crippen LogP contribution in [0.4, 0.5) is 5.69 Å². The third kappa shape index (κ3) is 3.26. The number of amides is 1. The van der Waals surface area contributed by atoms with E-state index in [1.54, 1.807) is 6.07 Å². The molecule has 0 spiro atoms. The first kappa shape index (κ1) is 13.4. The van der Waals surface area contributed by atoms with Crippen LogP contribution in [-0.4, -0.2) is 16.1 Å². The molecule has 0 fully saturated rings. The van der Waals surface area contributed by atoms with Crippen LogP contribution in [0.5, 0.6) is 11.5 Å². The summed E-state index contributed by atoms with van der Waals surface area (Å²) < 4.78 is 0. The van der Waals surface area contributed by atoms with Gasteiger partial charge in [0.05, 0.1) is 0 Å². The fourth-order valence-corrected chi connectivity index (χ4v) is 1.95. The normalized spacial score (nSPS) is 10.2. The summed E-state index contributed by atoms with van der Waals surface area (Å²) in [5.41, 5.74) is 2.00. The Morgan fingerprint density at radius 1 is 1.11 bits per heavy atom. The van der Waals surface area contributed by atoms with Crippen molar-refractivity contribution in [1.82, 2.24) is 0 Å². The molecule has 0 aliphatic heterocycles. The van der Waals surface area contributed by atoms with Crippen molar-refractivity contribution in [2.45, 2.75) is 5.33 Å². The van der Waals surface area contributed by atoms with Gasteiger partial charge in [0.15, 0.2) is 11.5 Å². The second-order valence-electron chi connectivity index (χ2n) is 3.99. The van der Waals surface area contributed by atoms with E-state index in [1.165, 1.54) is 18.2 Å². The van der Waals surface area contributed by atoms with Crippen molar-refractivity contribution in [2.24, 2.45) is 0 Å². The number of halogens is 1. The Labute approximate surface area is 118 Å². The van der Waals surface area contributed by atoms with Gasteiger partial charge in [-0.1, -0.05) is 28.1 Å². The van der Waals surface area contributed by atoms with Gasteiger partial charge in [0.25, 0.3) is 5.91 Å². The molecule has 2 aromatic carbocycles. The molecule has 5 heteroatoms. The van der Waals surface area contributed by atoms with E-state index in [-0.39, 0.29) is 23.0 Å². The van der Waals surface area contributed by atoms with E-state index in [0.29, 0.717) is 11.0 Å². The van der Waals surface area contributed by atoms with E-state index >= 15 is 0 Å². The topological polar surface area (TPSA) is 69.6 Å². The lowest BCUT2D eigenvalue weighted by Gasteiger charge is -2.07. The number of benzene rings is 2. The van der Waals surface area contributed by atoms with Gasteiger partial charge in [0.2, 0.25) is 0 Å². The van der Waals surface area contributed by atoms with Gasteiger partial charge in [-0.25, -0.2) is 0 Å². The predicted octanol–water partition coefficient (Wildman–Crippen LogP) is 3.25. The van der Waals surface area contributed by atoms with Gasteiger partial charge >= 0.3 is 0 Å². The van der Waals surface area contributed by atoms with Gasteiger partial charge < -0.3 is 15.5 Å². The number of rotatable bonds is 3. The lowest BCUT2D eigenvalue weighted by atomic mass is 10.1. The summed E-state index contributed by atoms with van der Waals surface area (Å²) in [6, 6.07) is 11.4. The maximum absolute atomic E-state index is 12.0. The second-order valence-corrected chi connectivity index (χ2v) is 4.55. The van der Waals surface area contributed by atoms with E-state index in [2.05, 4.69) is 21.2 Å². The minimum absolute atomic E-state index is 0.252. The summed E-state index contributed by atoms with van der Waals surface area (Å²) in [5, 5.41) is 22.0. The molecule has 0 saturated heterocycles. The predicted molar refractivity (Wildman–Crippen MR) is 76.8 cm³/mol. The molecule has 4 nitrogen and oxygen atoms in total. The van der Waals surface area contributed by atoms with Crippen molar-refractivity contribution in [3.8, 4) is 11.5 Å². The number of carbonyl (C=O) groups is 1. The monoisotopic (exact) mass is 321 g/mol. The molecule has 98 valence electrons. The largest absolute Gasteiger partial charge is 0.504 e. The van der Waals surface area contributed by atoms with E-state index in [4.69, 9.17) is 0 Å². The summed E-state index contributed by atoms with van der Waals surface area (Å²) in [7, 11) is 0.